The Bertz CT molecular complexity index is 838. The van der Waals surface area contributed by atoms with Crippen LogP contribution < -0.4 is 5.43 Å². The van der Waals surface area contributed by atoms with E-state index < -0.39 is 5.97 Å². The van der Waals surface area contributed by atoms with Crippen molar-refractivity contribution >= 4 is 28.5 Å². The average Bonchev–Trinajstić information content (AvgIpc) is 2.48. The van der Waals surface area contributed by atoms with Crippen LogP contribution in [-0.4, -0.2) is 17.1 Å². The van der Waals surface area contributed by atoms with E-state index in [4.69, 9.17) is 16.3 Å². The Balaban J connectivity index is 2.42. The molecule has 0 aliphatic carbocycles. The van der Waals surface area contributed by atoms with Crippen LogP contribution in [0.2, 0.25) is 5.02 Å². The summed E-state index contributed by atoms with van der Waals surface area (Å²) in [6, 6.07) is 1.99. The predicted octanol–water partition coefficient (Wildman–Crippen LogP) is 3.65. The Kier molecular flexibility index (Phi) is 3.73. The van der Waals surface area contributed by atoms with Gasteiger partial charge in [-0.25, -0.2) is 4.79 Å². The highest BCUT2D eigenvalue weighted by Crippen LogP contribution is 2.36. The second-order valence-electron chi connectivity index (χ2n) is 5.77. The third kappa shape index (κ3) is 2.13. The van der Waals surface area contributed by atoms with E-state index in [1.54, 1.807) is 19.2 Å². The van der Waals surface area contributed by atoms with Gasteiger partial charge >= 0.3 is 5.97 Å². The number of carbonyl (C=O) groups is 1. The molecule has 0 bridgehead atoms. The maximum absolute atomic E-state index is 12.7. The molecule has 2 aromatic rings. The lowest BCUT2D eigenvalue weighted by Gasteiger charge is -2.27. The molecule has 1 aromatic heterocycles. The largest absolute Gasteiger partial charge is 0.462 e. The molecule has 0 radical (unpaired) electrons. The maximum atomic E-state index is 12.7. The van der Waals surface area contributed by atoms with Crippen molar-refractivity contribution in [1.29, 1.82) is 0 Å². The van der Waals surface area contributed by atoms with Crippen LogP contribution in [0.25, 0.3) is 10.9 Å². The zero-order valence-electron chi connectivity index (χ0n) is 12.9. The molecule has 4 nitrogen and oxygen atoms in total. The molecule has 1 aromatic carbocycles. The van der Waals surface area contributed by atoms with Gasteiger partial charge in [-0.1, -0.05) is 11.6 Å². The van der Waals surface area contributed by atoms with Gasteiger partial charge in [0, 0.05) is 22.6 Å². The van der Waals surface area contributed by atoms with E-state index in [1.807, 2.05) is 11.5 Å². The van der Waals surface area contributed by atoms with E-state index in [0.29, 0.717) is 5.39 Å². The number of esters is 1. The van der Waals surface area contributed by atoms with Crippen LogP contribution in [0.1, 0.15) is 47.8 Å². The molecule has 116 valence electrons. The molecule has 0 N–H and O–H groups in total. The molecule has 5 heteroatoms. The quantitative estimate of drug-likeness (QED) is 0.794. The van der Waals surface area contributed by atoms with Crippen LogP contribution in [0, 0.1) is 6.92 Å². The maximum Gasteiger partial charge on any atom is 0.343 e. The van der Waals surface area contributed by atoms with E-state index in [0.717, 1.165) is 34.5 Å². The minimum atomic E-state index is -0.565. The number of carbonyl (C=O) groups excluding carboxylic acids is 1. The van der Waals surface area contributed by atoms with Gasteiger partial charge in [-0.15, -0.1) is 0 Å². The van der Waals surface area contributed by atoms with E-state index in [2.05, 4.69) is 6.92 Å². The zero-order valence-corrected chi connectivity index (χ0v) is 13.7. The standard InChI is InChI=1S/C17H18ClNO3/c1-4-22-17(21)13-8-19-10(3)5-6-11-14(18)9(2)7-12(15(11)19)16(13)20/h7-8,10H,4-6H2,1-3H3. The SMILES string of the molecule is CCOC(=O)c1cn2c3c(c(Cl)c(C)cc3c1=O)CCC2C. The molecule has 1 aliphatic rings. The lowest BCUT2D eigenvalue weighted by atomic mass is 9.94. The summed E-state index contributed by atoms with van der Waals surface area (Å²) in [6.45, 7) is 5.94. The molecule has 0 saturated carbocycles. The smallest absolute Gasteiger partial charge is 0.343 e. The van der Waals surface area contributed by atoms with Gasteiger partial charge in [0.25, 0.3) is 0 Å². The molecule has 0 spiro atoms. The van der Waals surface area contributed by atoms with Crippen LogP contribution in [-0.2, 0) is 11.2 Å². The molecule has 2 heterocycles. The molecule has 1 unspecified atom stereocenters. The lowest BCUT2D eigenvalue weighted by molar-refractivity contribution is 0.0524. The number of nitrogens with zero attached hydrogens (tertiary/aromatic N) is 1. The number of aromatic nitrogens is 1. The van der Waals surface area contributed by atoms with Crippen LogP contribution in [0.15, 0.2) is 17.1 Å². The molecule has 1 atom stereocenters. The minimum Gasteiger partial charge on any atom is -0.462 e. The fourth-order valence-corrected chi connectivity index (χ4v) is 3.39. The Morgan fingerprint density at radius 3 is 2.91 bits per heavy atom. The number of rotatable bonds is 2. The average molecular weight is 320 g/mol. The first-order valence-electron chi connectivity index (χ1n) is 7.49. The van der Waals surface area contributed by atoms with Crippen molar-refractivity contribution in [3.63, 3.8) is 0 Å². The van der Waals surface area contributed by atoms with Gasteiger partial charge in [-0.3, -0.25) is 4.79 Å². The first kappa shape index (κ1) is 15.1. The molecule has 22 heavy (non-hydrogen) atoms. The van der Waals surface area contributed by atoms with Crippen molar-refractivity contribution in [2.75, 3.05) is 6.61 Å². The number of hydrogen-bond acceptors (Lipinski definition) is 3. The number of pyridine rings is 1. The Hall–Kier alpha value is -1.81. The number of hydrogen-bond donors (Lipinski definition) is 0. The topological polar surface area (TPSA) is 48.3 Å². The normalized spacial score (nSPS) is 16.8. The zero-order chi connectivity index (χ0) is 16.0. The third-order valence-corrected chi connectivity index (χ3v) is 4.84. The van der Waals surface area contributed by atoms with E-state index in [-0.39, 0.29) is 23.6 Å². The van der Waals surface area contributed by atoms with Crippen LogP contribution in [0.3, 0.4) is 0 Å². The summed E-state index contributed by atoms with van der Waals surface area (Å²) in [5.41, 5.74) is 2.54. The van der Waals surface area contributed by atoms with E-state index in [9.17, 15) is 9.59 Å². The van der Waals surface area contributed by atoms with Gasteiger partial charge in [0.05, 0.1) is 12.1 Å². The second-order valence-corrected chi connectivity index (χ2v) is 6.15. The van der Waals surface area contributed by atoms with Crippen molar-refractivity contribution < 1.29 is 9.53 Å². The van der Waals surface area contributed by atoms with Gasteiger partial charge in [-0.2, -0.15) is 0 Å². The highest BCUT2D eigenvalue weighted by molar-refractivity contribution is 6.33. The Morgan fingerprint density at radius 1 is 1.50 bits per heavy atom. The van der Waals surface area contributed by atoms with Gasteiger partial charge in [0.2, 0.25) is 5.43 Å². The van der Waals surface area contributed by atoms with Gasteiger partial charge < -0.3 is 9.30 Å². The number of halogens is 1. The Morgan fingerprint density at radius 2 is 2.23 bits per heavy atom. The fraction of sp³-hybridized carbons (Fsp3) is 0.412. The highest BCUT2D eigenvalue weighted by Gasteiger charge is 2.25. The summed E-state index contributed by atoms with van der Waals surface area (Å²) in [7, 11) is 0. The molecule has 1 aliphatic heterocycles. The molecule has 3 rings (SSSR count). The first-order chi connectivity index (χ1) is 10.5. The van der Waals surface area contributed by atoms with Gasteiger partial charge in [-0.05, 0) is 50.8 Å². The van der Waals surface area contributed by atoms with Crippen molar-refractivity contribution in [3.05, 3.63) is 44.2 Å². The first-order valence-corrected chi connectivity index (χ1v) is 7.87. The van der Waals surface area contributed by atoms with Crippen LogP contribution in [0.5, 0.6) is 0 Å². The van der Waals surface area contributed by atoms with Crippen molar-refractivity contribution in [2.45, 2.75) is 39.7 Å². The van der Waals surface area contributed by atoms with Crippen molar-refractivity contribution in [3.8, 4) is 0 Å². The lowest BCUT2D eigenvalue weighted by Crippen LogP contribution is -2.25. The number of aryl methyl sites for hydroxylation is 2. The third-order valence-electron chi connectivity index (χ3n) is 4.31. The summed E-state index contributed by atoms with van der Waals surface area (Å²) < 4.78 is 7.01. The van der Waals surface area contributed by atoms with E-state index >= 15 is 0 Å². The molecular formula is C17H18ClNO3. The molecule has 0 saturated heterocycles. The van der Waals surface area contributed by atoms with Crippen molar-refractivity contribution in [2.24, 2.45) is 0 Å². The second kappa shape index (κ2) is 5.43. The summed E-state index contributed by atoms with van der Waals surface area (Å²) in [6.07, 6.45) is 3.40. The van der Waals surface area contributed by atoms with E-state index in [1.165, 1.54) is 0 Å². The predicted molar refractivity (Wildman–Crippen MR) is 86.9 cm³/mol. The molecule has 0 amide bonds. The fourth-order valence-electron chi connectivity index (χ4n) is 3.15. The number of ether oxygens (including phenoxy) is 1. The summed E-state index contributed by atoms with van der Waals surface area (Å²) in [5, 5.41) is 1.27. The van der Waals surface area contributed by atoms with Gasteiger partial charge in [0.15, 0.2) is 0 Å². The monoisotopic (exact) mass is 319 g/mol. The Labute approximate surface area is 133 Å². The van der Waals surface area contributed by atoms with Gasteiger partial charge in [0.1, 0.15) is 5.56 Å². The van der Waals surface area contributed by atoms with Crippen LogP contribution >= 0.6 is 11.6 Å². The minimum absolute atomic E-state index is 0.0933. The highest BCUT2D eigenvalue weighted by atomic mass is 35.5. The van der Waals surface area contributed by atoms with Crippen LogP contribution in [0.4, 0.5) is 0 Å². The summed E-state index contributed by atoms with van der Waals surface area (Å²) in [5.74, 6) is -0.565. The molecular weight excluding hydrogens is 302 g/mol. The summed E-state index contributed by atoms with van der Waals surface area (Å²) >= 11 is 6.42. The summed E-state index contributed by atoms with van der Waals surface area (Å²) in [4.78, 5) is 24.8. The van der Waals surface area contributed by atoms with Crippen molar-refractivity contribution in [1.82, 2.24) is 4.57 Å². The molecule has 0 fully saturated rings. The number of benzene rings is 1.